The quantitative estimate of drug-likeness (QED) is 0.682. The van der Waals surface area contributed by atoms with E-state index in [1.54, 1.807) is 17.8 Å². The highest BCUT2D eigenvalue weighted by molar-refractivity contribution is 7.98. The maximum atomic E-state index is 6.11. The van der Waals surface area contributed by atoms with Gasteiger partial charge in [-0.3, -0.25) is 0 Å². The molecule has 0 radical (unpaired) electrons. The topological polar surface area (TPSA) is 0 Å². The highest BCUT2D eigenvalue weighted by Crippen LogP contribution is 2.30. The molecule has 0 nitrogen and oxygen atoms in total. The zero-order chi connectivity index (χ0) is 11.4. The molecule has 0 aromatic heterocycles. The van der Waals surface area contributed by atoms with Crippen molar-refractivity contribution in [2.75, 3.05) is 0 Å². The molecule has 0 bridgehead atoms. The predicted molar refractivity (Wildman–Crippen MR) is 72.5 cm³/mol. The van der Waals surface area contributed by atoms with Crippen molar-refractivity contribution in [2.24, 2.45) is 0 Å². The van der Waals surface area contributed by atoms with E-state index in [2.05, 4.69) is 12.1 Å². The van der Waals surface area contributed by atoms with Gasteiger partial charge in [0.2, 0.25) is 0 Å². The fraction of sp³-hybridized carbons (Fsp3) is 0.0769. The number of hydrogen-bond donors (Lipinski definition) is 0. The Kier molecular flexibility index (Phi) is 4.16. The third-order valence-corrected chi connectivity index (χ3v) is 4.09. The van der Waals surface area contributed by atoms with Crippen LogP contribution in [0.4, 0.5) is 0 Å². The first kappa shape index (κ1) is 11.8. The van der Waals surface area contributed by atoms with Gasteiger partial charge in [-0.15, -0.1) is 11.8 Å². The molecule has 2 aromatic carbocycles. The zero-order valence-electron chi connectivity index (χ0n) is 8.49. The summed E-state index contributed by atoms with van der Waals surface area (Å²) in [5, 5.41) is 1.28. The third kappa shape index (κ3) is 2.94. The fourth-order valence-corrected chi connectivity index (χ4v) is 2.72. The van der Waals surface area contributed by atoms with Gasteiger partial charge in [0.1, 0.15) is 0 Å². The third-order valence-electron chi connectivity index (χ3n) is 2.17. The van der Waals surface area contributed by atoms with Crippen molar-refractivity contribution >= 4 is 35.0 Å². The second kappa shape index (κ2) is 5.62. The lowest BCUT2D eigenvalue weighted by Crippen LogP contribution is -1.83. The van der Waals surface area contributed by atoms with Gasteiger partial charge in [-0.2, -0.15) is 0 Å². The molecule has 0 unspecified atom stereocenters. The van der Waals surface area contributed by atoms with Gasteiger partial charge in [0.05, 0.1) is 10.0 Å². The lowest BCUT2D eigenvalue weighted by atomic mass is 10.2. The first-order valence-corrected chi connectivity index (χ1v) is 6.62. The highest BCUT2D eigenvalue weighted by atomic mass is 35.5. The van der Waals surface area contributed by atoms with Crippen LogP contribution < -0.4 is 0 Å². The first-order valence-electron chi connectivity index (χ1n) is 4.88. The van der Waals surface area contributed by atoms with Gasteiger partial charge < -0.3 is 0 Å². The summed E-state index contributed by atoms with van der Waals surface area (Å²) in [4.78, 5) is 1.23. The molecule has 2 rings (SSSR count). The van der Waals surface area contributed by atoms with Gasteiger partial charge in [0, 0.05) is 10.6 Å². The Morgan fingerprint density at radius 2 is 1.62 bits per heavy atom. The largest absolute Gasteiger partial charge is 0.121 e. The van der Waals surface area contributed by atoms with E-state index in [0.29, 0.717) is 10.0 Å². The molecule has 0 saturated carbocycles. The Hall–Kier alpha value is -0.630. The van der Waals surface area contributed by atoms with Crippen molar-refractivity contribution < 1.29 is 0 Å². The van der Waals surface area contributed by atoms with E-state index in [9.17, 15) is 0 Å². The minimum Gasteiger partial charge on any atom is -0.121 e. The number of thioether (sulfide) groups is 1. The molecule has 16 heavy (non-hydrogen) atoms. The van der Waals surface area contributed by atoms with Gasteiger partial charge in [-0.1, -0.05) is 53.5 Å². The molecule has 0 fully saturated rings. The highest BCUT2D eigenvalue weighted by Gasteiger charge is 2.04. The van der Waals surface area contributed by atoms with Crippen molar-refractivity contribution in [1.82, 2.24) is 0 Å². The van der Waals surface area contributed by atoms with E-state index in [0.717, 1.165) is 11.3 Å². The Balaban J connectivity index is 2.08. The van der Waals surface area contributed by atoms with Crippen molar-refractivity contribution in [3.05, 3.63) is 64.1 Å². The SMILES string of the molecule is Clc1cccc(CSc2ccccc2)c1Cl. The van der Waals surface area contributed by atoms with Crippen LogP contribution in [0.1, 0.15) is 5.56 Å². The second-order valence-corrected chi connectivity index (χ2v) is 5.15. The molecule has 0 aliphatic heterocycles. The summed E-state index contributed by atoms with van der Waals surface area (Å²) in [5.41, 5.74) is 1.07. The Bertz CT molecular complexity index is 469. The van der Waals surface area contributed by atoms with Crippen LogP contribution >= 0.6 is 35.0 Å². The Morgan fingerprint density at radius 3 is 2.38 bits per heavy atom. The summed E-state index contributed by atoms with van der Waals surface area (Å²) in [6, 6.07) is 16.0. The summed E-state index contributed by atoms with van der Waals surface area (Å²) in [7, 11) is 0. The first-order chi connectivity index (χ1) is 7.77. The summed E-state index contributed by atoms with van der Waals surface area (Å²) in [5.74, 6) is 0.837. The molecular formula is C13H10Cl2S. The molecule has 0 saturated heterocycles. The minimum absolute atomic E-state index is 0.618. The molecule has 0 N–H and O–H groups in total. The summed E-state index contributed by atoms with van der Waals surface area (Å²) in [6.45, 7) is 0. The number of rotatable bonds is 3. The molecule has 0 heterocycles. The van der Waals surface area contributed by atoms with Crippen molar-refractivity contribution in [3.8, 4) is 0 Å². The lowest BCUT2D eigenvalue weighted by molar-refractivity contribution is 1.38. The van der Waals surface area contributed by atoms with Crippen LogP contribution in [-0.2, 0) is 5.75 Å². The molecule has 0 amide bonds. The average Bonchev–Trinajstić information content (AvgIpc) is 2.32. The molecule has 2 aromatic rings. The van der Waals surface area contributed by atoms with Crippen molar-refractivity contribution in [1.29, 1.82) is 0 Å². The monoisotopic (exact) mass is 268 g/mol. The average molecular weight is 269 g/mol. The van der Waals surface area contributed by atoms with E-state index < -0.39 is 0 Å². The van der Waals surface area contributed by atoms with Crippen molar-refractivity contribution in [2.45, 2.75) is 10.6 Å². The molecular weight excluding hydrogens is 259 g/mol. The maximum absolute atomic E-state index is 6.11. The summed E-state index contributed by atoms with van der Waals surface area (Å²) < 4.78 is 0. The van der Waals surface area contributed by atoms with E-state index in [-0.39, 0.29) is 0 Å². The van der Waals surface area contributed by atoms with E-state index in [1.165, 1.54) is 4.90 Å². The van der Waals surface area contributed by atoms with Gasteiger partial charge >= 0.3 is 0 Å². The predicted octanol–water partition coefficient (Wildman–Crippen LogP) is 5.29. The molecule has 0 aliphatic carbocycles. The van der Waals surface area contributed by atoms with Crippen LogP contribution in [0, 0.1) is 0 Å². The van der Waals surface area contributed by atoms with Gasteiger partial charge in [0.25, 0.3) is 0 Å². The maximum Gasteiger partial charge on any atom is 0.0632 e. The molecule has 3 heteroatoms. The lowest BCUT2D eigenvalue weighted by Gasteiger charge is -2.05. The van der Waals surface area contributed by atoms with Gasteiger partial charge in [-0.25, -0.2) is 0 Å². The van der Waals surface area contributed by atoms with Gasteiger partial charge in [-0.05, 0) is 23.8 Å². The van der Waals surface area contributed by atoms with Crippen LogP contribution in [0.2, 0.25) is 10.0 Å². The van der Waals surface area contributed by atoms with E-state index in [4.69, 9.17) is 23.2 Å². The molecule has 0 spiro atoms. The van der Waals surface area contributed by atoms with E-state index >= 15 is 0 Å². The molecule has 82 valence electrons. The van der Waals surface area contributed by atoms with Crippen LogP contribution in [-0.4, -0.2) is 0 Å². The minimum atomic E-state index is 0.618. The number of halogens is 2. The number of hydrogen-bond acceptors (Lipinski definition) is 1. The van der Waals surface area contributed by atoms with Crippen LogP contribution in [0.25, 0.3) is 0 Å². The van der Waals surface area contributed by atoms with Crippen LogP contribution in [0.5, 0.6) is 0 Å². The van der Waals surface area contributed by atoms with Crippen LogP contribution in [0.3, 0.4) is 0 Å². The fourth-order valence-electron chi connectivity index (χ4n) is 1.34. The zero-order valence-corrected chi connectivity index (χ0v) is 10.8. The Morgan fingerprint density at radius 1 is 0.875 bits per heavy atom. The summed E-state index contributed by atoms with van der Waals surface area (Å²) in [6.07, 6.45) is 0. The number of benzene rings is 2. The summed E-state index contributed by atoms with van der Waals surface area (Å²) >= 11 is 13.8. The molecule has 0 atom stereocenters. The van der Waals surface area contributed by atoms with Gasteiger partial charge in [0.15, 0.2) is 0 Å². The standard InChI is InChI=1S/C13H10Cl2S/c14-12-8-4-5-10(13(12)15)9-16-11-6-2-1-3-7-11/h1-8H,9H2. The molecule has 0 aliphatic rings. The van der Waals surface area contributed by atoms with E-state index in [1.807, 2.05) is 30.3 Å². The van der Waals surface area contributed by atoms with Crippen LogP contribution in [0.15, 0.2) is 53.4 Å². The second-order valence-electron chi connectivity index (χ2n) is 3.31. The van der Waals surface area contributed by atoms with Crippen molar-refractivity contribution in [3.63, 3.8) is 0 Å². The smallest absolute Gasteiger partial charge is 0.0632 e. The Labute approximate surface area is 110 Å². The normalized spacial score (nSPS) is 10.4.